The minimum atomic E-state index is 0. The molecule has 2 rings (SSSR count). The Morgan fingerprint density at radius 2 is 1.26 bits per heavy atom. The van der Waals surface area contributed by atoms with Crippen LogP contribution in [0.15, 0.2) is 60.7 Å². The van der Waals surface area contributed by atoms with E-state index in [1.54, 1.807) is 0 Å². The van der Waals surface area contributed by atoms with Crippen LogP contribution in [0.1, 0.15) is 37.8 Å². The molecule has 0 spiro atoms. The molecule has 0 heterocycles. The third kappa shape index (κ3) is 4.50. The van der Waals surface area contributed by atoms with Gasteiger partial charge < -0.3 is 0 Å². The van der Waals surface area contributed by atoms with Gasteiger partial charge in [0.05, 0.1) is 0 Å². The van der Waals surface area contributed by atoms with Gasteiger partial charge in [0, 0.05) is 0 Å². The van der Waals surface area contributed by atoms with Crippen molar-refractivity contribution in [2.75, 3.05) is 0 Å². The molecule has 94 valence electrons. The third-order valence-corrected chi connectivity index (χ3v) is 3.49. The van der Waals surface area contributed by atoms with Gasteiger partial charge in [-0.1, -0.05) is 63.1 Å². The van der Waals surface area contributed by atoms with Gasteiger partial charge in [-0.05, 0) is 5.92 Å². The molecule has 1 atom stereocenters. The minimum Gasteiger partial charge on any atom is -0.120 e. The molecule has 0 amide bonds. The first-order chi connectivity index (χ1) is 8.81. The van der Waals surface area contributed by atoms with Crippen molar-refractivity contribution in [1.82, 2.24) is 0 Å². The molecule has 0 bridgehead atoms. The van der Waals surface area contributed by atoms with Crippen LogP contribution in [-0.2, 0) is 0 Å². The van der Waals surface area contributed by atoms with Gasteiger partial charge in [-0.15, -0.1) is 41.3 Å². The first-order valence-corrected chi connectivity index (χ1v) is 6.78. The zero-order valence-electron chi connectivity index (χ0n) is 12.3. The van der Waals surface area contributed by atoms with Crippen molar-refractivity contribution in [3.63, 3.8) is 0 Å². The summed E-state index contributed by atoms with van der Waals surface area (Å²) in [6.07, 6.45) is 2.37. The summed E-state index contributed by atoms with van der Waals surface area (Å²) in [7, 11) is 0. The molecule has 0 aromatic heterocycles. The van der Waals surface area contributed by atoms with Gasteiger partial charge in [0.1, 0.15) is 0 Å². The Labute approximate surface area is 129 Å². The summed E-state index contributed by atoms with van der Waals surface area (Å²) in [5, 5.41) is 0. The molecule has 0 aliphatic heterocycles. The second kappa shape index (κ2) is 8.15. The summed E-state index contributed by atoms with van der Waals surface area (Å²) in [6, 6.07) is 21.5. The first-order valence-electron chi connectivity index (χ1n) is 6.78. The van der Waals surface area contributed by atoms with Gasteiger partial charge >= 0.3 is 18.9 Å². The van der Waals surface area contributed by atoms with Crippen LogP contribution in [-0.4, -0.2) is 0 Å². The molecule has 19 heavy (non-hydrogen) atoms. The maximum absolute atomic E-state index is 2.33. The second-order valence-electron chi connectivity index (χ2n) is 4.93. The summed E-state index contributed by atoms with van der Waals surface area (Å²) >= 11 is 0. The zero-order chi connectivity index (χ0) is 12.8. The fourth-order valence-electron chi connectivity index (χ4n) is 2.17. The topological polar surface area (TPSA) is 0 Å². The normalized spacial score (nSPS) is 11.5. The van der Waals surface area contributed by atoms with Crippen LogP contribution in [0.3, 0.4) is 0 Å². The minimum absolute atomic E-state index is 0. The van der Waals surface area contributed by atoms with Crippen LogP contribution in [0, 0.1) is 11.8 Å². The molecule has 1 unspecified atom stereocenters. The maximum atomic E-state index is 2.33. The van der Waals surface area contributed by atoms with Crippen LogP contribution in [0.2, 0.25) is 0 Å². The fraction of sp³-hybridized carbons (Fsp3) is 0.278. The molecule has 1 heteroatoms. The summed E-state index contributed by atoms with van der Waals surface area (Å²) in [6.45, 7) is 4.59. The summed E-state index contributed by atoms with van der Waals surface area (Å²) < 4.78 is 0. The molecule has 0 nitrogen and oxygen atoms in total. The third-order valence-electron chi connectivity index (χ3n) is 3.49. The first kappa shape index (κ1) is 16.0. The van der Waals surface area contributed by atoms with E-state index in [1.807, 2.05) is 0 Å². The van der Waals surface area contributed by atoms with E-state index < -0.39 is 0 Å². The van der Waals surface area contributed by atoms with E-state index in [0.717, 1.165) is 12.3 Å². The van der Waals surface area contributed by atoms with Crippen LogP contribution in [0.4, 0.5) is 0 Å². The number of rotatable bonds is 5. The maximum Gasteiger partial charge on any atom is 1.00 e. The van der Waals surface area contributed by atoms with Crippen molar-refractivity contribution in [2.24, 2.45) is 5.92 Å². The Kier molecular flexibility index (Phi) is 6.85. The molecular weight excluding hydrogens is 223 g/mol. The van der Waals surface area contributed by atoms with Crippen LogP contribution in [0.25, 0.3) is 0 Å². The Morgan fingerprint density at radius 3 is 1.63 bits per heavy atom. The van der Waals surface area contributed by atoms with E-state index >= 15 is 0 Å². The van der Waals surface area contributed by atoms with Crippen molar-refractivity contribution >= 4 is 0 Å². The summed E-state index contributed by atoms with van der Waals surface area (Å²) in [4.78, 5) is 0. The van der Waals surface area contributed by atoms with Crippen molar-refractivity contribution < 1.29 is 18.9 Å². The monoisotopic (exact) mass is 244 g/mol. The molecular formula is C18H21Li. The SMILES string of the molecule is CCC(C)C[C-](c1ccccc1)c1ccccc1.[Li+]. The van der Waals surface area contributed by atoms with Gasteiger partial charge in [-0.2, -0.15) is 0 Å². The van der Waals surface area contributed by atoms with Crippen molar-refractivity contribution in [3.8, 4) is 0 Å². The molecule has 0 radical (unpaired) electrons. The fourth-order valence-corrected chi connectivity index (χ4v) is 2.17. The van der Waals surface area contributed by atoms with E-state index in [4.69, 9.17) is 0 Å². The molecule has 0 saturated heterocycles. The zero-order valence-corrected chi connectivity index (χ0v) is 12.3. The van der Waals surface area contributed by atoms with E-state index in [-0.39, 0.29) is 18.9 Å². The Balaban J connectivity index is 0.00000180. The summed E-state index contributed by atoms with van der Waals surface area (Å²) in [5.41, 5.74) is 2.70. The van der Waals surface area contributed by atoms with Crippen LogP contribution in [0.5, 0.6) is 0 Å². The Hall–Kier alpha value is -1.09. The van der Waals surface area contributed by atoms with E-state index in [9.17, 15) is 0 Å². The molecule has 0 fully saturated rings. The van der Waals surface area contributed by atoms with Crippen LogP contribution >= 0.6 is 0 Å². The molecule has 2 aromatic carbocycles. The smallest absolute Gasteiger partial charge is 0.120 e. The average molecular weight is 244 g/mol. The predicted octanol–water partition coefficient (Wildman–Crippen LogP) is 2.10. The molecule has 0 N–H and O–H groups in total. The van der Waals surface area contributed by atoms with E-state index in [0.29, 0.717) is 0 Å². The van der Waals surface area contributed by atoms with Gasteiger partial charge in [-0.25, -0.2) is 0 Å². The summed E-state index contributed by atoms with van der Waals surface area (Å²) in [5.74, 6) is 2.19. The van der Waals surface area contributed by atoms with Crippen molar-refractivity contribution in [1.29, 1.82) is 0 Å². The molecule has 0 saturated carbocycles. The average Bonchev–Trinajstić information content (AvgIpc) is 2.46. The van der Waals surface area contributed by atoms with Crippen molar-refractivity contribution in [2.45, 2.75) is 26.7 Å². The van der Waals surface area contributed by atoms with Gasteiger partial charge in [-0.3, -0.25) is 0 Å². The second-order valence-corrected chi connectivity index (χ2v) is 4.93. The number of benzene rings is 2. The molecule has 0 aliphatic rings. The predicted molar refractivity (Wildman–Crippen MR) is 78.4 cm³/mol. The van der Waals surface area contributed by atoms with Gasteiger partial charge in [0.2, 0.25) is 0 Å². The number of hydrogen-bond acceptors (Lipinski definition) is 0. The Bertz CT molecular complexity index is 410. The molecule has 2 aromatic rings. The van der Waals surface area contributed by atoms with E-state index in [2.05, 4.69) is 74.5 Å². The Morgan fingerprint density at radius 1 is 0.842 bits per heavy atom. The number of hydrogen-bond donors (Lipinski definition) is 0. The van der Waals surface area contributed by atoms with E-state index in [1.165, 1.54) is 23.5 Å². The molecule has 0 aliphatic carbocycles. The largest absolute Gasteiger partial charge is 1.00 e. The quantitative estimate of drug-likeness (QED) is 0.558. The van der Waals surface area contributed by atoms with Gasteiger partial charge in [0.15, 0.2) is 0 Å². The van der Waals surface area contributed by atoms with Gasteiger partial charge in [0.25, 0.3) is 0 Å². The van der Waals surface area contributed by atoms with Crippen LogP contribution < -0.4 is 18.9 Å². The standard InChI is InChI=1S/C18H21.Li/c1-3-15(2)14-18(16-10-6-4-7-11-16)17-12-8-5-9-13-17;/h4-13,15H,3,14H2,1-2H3;/q-1;+1. The van der Waals surface area contributed by atoms with Crippen molar-refractivity contribution in [3.05, 3.63) is 77.7 Å².